The zero-order valence-electron chi connectivity index (χ0n) is 12.9. The lowest BCUT2D eigenvalue weighted by molar-refractivity contribution is -0.117. The first-order valence-electron chi connectivity index (χ1n) is 8.02. The average Bonchev–Trinajstić information content (AvgIpc) is 2.93. The number of nitrogens with two attached hydrogens (primary N) is 1. The number of hydrogen-bond donors (Lipinski definition) is 3. The number of fused-ring (bicyclic) bond motifs is 1. The van der Waals surface area contributed by atoms with Crippen LogP contribution in [0, 0.1) is 12.8 Å². The van der Waals surface area contributed by atoms with Crippen LogP contribution in [0.1, 0.15) is 48.0 Å². The Morgan fingerprint density at radius 3 is 2.77 bits per heavy atom. The van der Waals surface area contributed by atoms with Crippen molar-refractivity contribution in [3.63, 3.8) is 0 Å². The lowest BCUT2D eigenvalue weighted by Crippen LogP contribution is -2.39. The summed E-state index contributed by atoms with van der Waals surface area (Å²) in [5.41, 5.74) is 7.24. The molecule has 2 fully saturated rings. The Morgan fingerprint density at radius 2 is 2.05 bits per heavy atom. The monoisotopic (exact) mass is 301 g/mol. The lowest BCUT2D eigenvalue weighted by atomic mass is 9.85. The minimum atomic E-state index is -0.474. The Bertz CT molecular complexity index is 586. The van der Waals surface area contributed by atoms with Gasteiger partial charge in [-0.25, -0.2) is 0 Å². The van der Waals surface area contributed by atoms with Gasteiger partial charge in [0.25, 0.3) is 0 Å². The second kappa shape index (κ2) is 6.08. The average molecular weight is 301 g/mol. The Kier molecular flexibility index (Phi) is 4.16. The Labute approximate surface area is 130 Å². The summed E-state index contributed by atoms with van der Waals surface area (Å²) in [6.07, 6.45) is 5.83. The van der Waals surface area contributed by atoms with Gasteiger partial charge in [-0.1, -0.05) is 18.9 Å². The molecule has 22 heavy (non-hydrogen) atoms. The van der Waals surface area contributed by atoms with Crippen molar-refractivity contribution in [3.05, 3.63) is 29.3 Å². The normalized spacial score (nSPS) is 27.2. The number of nitrogens with one attached hydrogen (secondary N) is 2. The van der Waals surface area contributed by atoms with Crippen LogP contribution in [-0.4, -0.2) is 23.9 Å². The quantitative estimate of drug-likeness (QED) is 0.798. The zero-order chi connectivity index (χ0) is 15.7. The van der Waals surface area contributed by atoms with Gasteiger partial charge in [-0.05, 0) is 49.8 Å². The van der Waals surface area contributed by atoms with Crippen LogP contribution in [-0.2, 0) is 4.79 Å². The number of rotatable bonds is 3. The fraction of sp³-hybridized carbons (Fsp3) is 0.529. The van der Waals surface area contributed by atoms with Gasteiger partial charge in [0.15, 0.2) is 0 Å². The Morgan fingerprint density at radius 1 is 1.27 bits per heavy atom. The van der Waals surface area contributed by atoms with E-state index in [0.717, 1.165) is 12.0 Å². The van der Waals surface area contributed by atoms with E-state index in [1.54, 1.807) is 12.1 Å². The highest BCUT2D eigenvalue weighted by atomic mass is 16.2. The number of carbonyl (C=O) groups excluding carboxylic acids is 2. The summed E-state index contributed by atoms with van der Waals surface area (Å²) in [5.74, 6) is 0.135. The van der Waals surface area contributed by atoms with E-state index < -0.39 is 5.91 Å². The first-order chi connectivity index (χ1) is 10.5. The minimum Gasteiger partial charge on any atom is -0.366 e. The highest BCUT2D eigenvalue weighted by Crippen LogP contribution is 2.33. The second-order valence-corrected chi connectivity index (χ2v) is 6.49. The van der Waals surface area contributed by atoms with Crippen LogP contribution in [0.3, 0.4) is 0 Å². The third-order valence-corrected chi connectivity index (χ3v) is 4.95. The van der Waals surface area contributed by atoms with Crippen LogP contribution >= 0.6 is 0 Å². The summed E-state index contributed by atoms with van der Waals surface area (Å²) in [4.78, 5) is 23.8. The van der Waals surface area contributed by atoms with Gasteiger partial charge in [0.05, 0.1) is 6.04 Å². The molecule has 3 rings (SSSR count). The van der Waals surface area contributed by atoms with Crippen molar-refractivity contribution in [1.29, 1.82) is 0 Å². The maximum atomic E-state index is 12.4. The zero-order valence-corrected chi connectivity index (χ0v) is 12.9. The Balaban J connectivity index is 1.67. The summed E-state index contributed by atoms with van der Waals surface area (Å²) >= 11 is 0. The van der Waals surface area contributed by atoms with Crippen molar-refractivity contribution < 1.29 is 9.59 Å². The third kappa shape index (κ3) is 2.99. The van der Waals surface area contributed by atoms with Gasteiger partial charge in [-0.15, -0.1) is 0 Å². The van der Waals surface area contributed by atoms with E-state index in [9.17, 15) is 9.59 Å². The molecule has 0 aromatic heterocycles. The van der Waals surface area contributed by atoms with Crippen molar-refractivity contribution >= 4 is 17.5 Å². The van der Waals surface area contributed by atoms with Crippen molar-refractivity contribution in [1.82, 2.24) is 5.32 Å². The van der Waals surface area contributed by atoms with Gasteiger partial charge in [0.1, 0.15) is 0 Å². The lowest BCUT2D eigenvalue weighted by Gasteiger charge is -2.24. The van der Waals surface area contributed by atoms with Gasteiger partial charge < -0.3 is 16.4 Å². The smallest absolute Gasteiger partial charge is 0.249 e. The molecule has 1 aromatic carbocycles. The number of benzene rings is 1. The maximum absolute atomic E-state index is 12.4. The van der Waals surface area contributed by atoms with E-state index in [4.69, 9.17) is 5.73 Å². The van der Waals surface area contributed by atoms with Gasteiger partial charge in [-0.3, -0.25) is 9.59 Å². The predicted molar refractivity (Wildman–Crippen MR) is 85.6 cm³/mol. The van der Waals surface area contributed by atoms with Gasteiger partial charge in [-0.2, -0.15) is 0 Å². The standard InChI is InChI=1S/C17H23N3O2/c1-10-6-7-12(9-13(10)16(18)21)19-17(22)15-8-11-4-2-3-5-14(11)20-15/h6-7,9,11,14-15,20H,2-5,8H2,1H3,(H2,18,21)(H,19,22). The van der Waals surface area contributed by atoms with Gasteiger partial charge in [0, 0.05) is 17.3 Å². The number of carbonyl (C=O) groups is 2. The summed E-state index contributed by atoms with van der Waals surface area (Å²) in [6, 6.07) is 5.62. The fourth-order valence-electron chi connectivity index (χ4n) is 3.72. The molecule has 2 amide bonds. The largest absolute Gasteiger partial charge is 0.366 e. The molecule has 1 saturated heterocycles. The van der Waals surface area contributed by atoms with Crippen molar-refractivity contribution in [2.24, 2.45) is 11.7 Å². The van der Waals surface area contributed by atoms with E-state index in [2.05, 4.69) is 10.6 Å². The molecule has 4 N–H and O–H groups in total. The molecule has 3 unspecified atom stereocenters. The molecule has 118 valence electrons. The number of anilines is 1. The van der Waals surface area contributed by atoms with Crippen molar-refractivity contribution in [2.45, 2.75) is 51.1 Å². The third-order valence-electron chi connectivity index (χ3n) is 4.95. The predicted octanol–water partition coefficient (Wildman–Crippen LogP) is 1.95. The summed E-state index contributed by atoms with van der Waals surface area (Å²) in [7, 11) is 0. The van der Waals surface area contributed by atoms with E-state index in [0.29, 0.717) is 23.2 Å². The summed E-state index contributed by atoms with van der Waals surface area (Å²) in [5, 5.41) is 6.36. The minimum absolute atomic E-state index is 0.0197. The molecule has 0 radical (unpaired) electrons. The van der Waals surface area contributed by atoms with Crippen molar-refractivity contribution in [3.8, 4) is 0 Å². The van der Waals surface area contributed by atoms with Gasteiger partial charge in [0.2, 0.25) is 11.8 Å². The van der Waals surface area contributed by atoms with Crippen LogP contribution in [0.4, 0.5) is 5.69 Å². The molecular formula is C17H23N3O2. The molecule has 1 aliphatic carbocycles. The Hall–Kier alpha value is -1.88. The molecule has 1 aromatic rings. The maximum Gasteiger partial charge on any atom is 0.249 e. The molecule has 1 heterocycles. The van der Waals surface area contributed by atoms with Crippen LogP contribution < -0.4 is 16.4 Å². The topological polar surface area (TPSA) is 84.2 Å². The van der Waals surface area contributed by atoms with Gasteiger partial charge >= 0.3 is 0 Å². The van der Waals surface area contributed by atoms with Crippen LogP contribution in [0.25, 0.3) is 0 Å². The second-order valence-electron chi connectivity index (χ2n) is 6.49. The fourth-order valence-corrected chi connectivity index (χ4v) is 3.72. The van der Waals surface area contributed by atoms with E-state index in [1.807, 2.05) is 13.0 Å². The number of amides is 2. The summed E-state index contributed by atoms with van der Waals surface area (Å²) in [6.45, 7) is 1.83. The molecule has 3 atom stereocenters. The van der Waals surface area contributed by atoms with Crippen LogP contribution in [0.2, 0.25) is 0 Å². The molecule has 1 aliphatic heterocycles. The molecule has 2 aliphatic rings. The van der Waals surface area contributed by atoms with E-state index in [1.165, 1.54) is 25.7 Å². The number of hydrogen-bond acceptors (Lipinski definition) is 3. The molecule has 1 saturated carbocycles. The number of primary amides is 1. The first kappa shape index (κ1) is 15.0. The first-order valence-corrected chi connectivity index (χ1v) is 8.02. The molecule has 5 heteroatoms. The molecule has 5 nitrogen and oxygen atoms in total. The van der Waals surface area contributed by atoms with Crippen LogP contribution in [0.5, 0.6) is 0 Å². The van der Waals surface area contributed by atoms with Crippen LogP contribution in [0.15, 0.2) is 18.2 Å². The highest BCUT2D eigenvalue weighted by Gasteiger charge is 2.38. The highest BCUT2D eigenvalue weighted by molar-refractivity contribution is 5.98. The van der Waals surface area contributed by atoms with Crippen molar-refractivity contribution in [2.75, 3.05) is 5.32 Å². The van der Waals surface area contributed by atoms with E-state index >= 15 is 0 Å². The molecule has 0 spiro atoms. The molecule has 0 bridgehead atoms. The molecular weight excluding hydrogens is 278 g/mol. The SMILES string of the molecule is Cc1ccc(NC(=O)C2CC3CCCCC3N2)cc1C(N)=O. The summed E-state index contributed by atoms with van der Waals surface area (Å²) < 4.78 is 0. The number of aryl methyl sites for hydroxylation is 1. The van der Waals surface area contributed by atoms with E-state index in [-0.39, 0.29) is 11.9 Å².